The van der Waals surface area contributed by atoms with Gasteiger partial charge >= 0.3 is 0 Å². The molecule has 0 atom stereocenters. The molecule has 1 rings (SSSR count). The minimum absolute atomic E-state index is 0.0175. The van der Waals surface area contributed by atoms with Gasteiger partial charge in [-0.05, 0) is 12.8 Å². The molecule has 0 bridgehead atoms. The molecule has 5 heteroatoms. The van der Waals surface area contributed by atoms with E-state index >= 15 is 0 Å². The van der Waals surface area contributed by atoms with E-state index in [9.17, 15) is 0 Å². The Bertz CT molecular complexity index is 215. The lowest BCUT2D eigenvalue weighted by molar-refractivity contribution is 0.702. The van der Waals surface area contributed by atoms with Crippen LogP contribution in [0.2, 0.25) is 0 Å². The van der Waals surface area contributed by atoms with Crippen LogP contribution in [0, 0.1) is 5.41 Å². The molecule has 1 aliphatic carbocycles. The lowest BCUT2D eigenvalue weighted by Gasteiger charge is -2.11. The van der Waals surface area contributed by atoms with Crippen molar-refractivity contribution in [1.29, 1.82) is 5.41 Å². The summed E-state index contributed by atoms with van der Waals surface area (Å²) < 4.78 is 0. The van der Waals surface area contributed by atoms with Crippen LogP contribution in [-0.4, -0.2) is 16.4 Å². The second-order valence-corrected chi connectivity index (χ2v) is 4.86. The summed E-state index contributed by atoms with van der Waals surface area (Å²) >= 11 is 1.50. The van der Waals surface area contributed by atoms with Crippen LogP contribution in [0.3, 0.4) is 0 Å². The first-order valence-corrected chi connectivity index (χ1v) is 5.91. The molecule has 0 aromatic heterocycles. The fraction of sp³-hybridized carbons (Fsp3) is 0.778. The van der Waals surface area contributed by atoms with Crippen LogP contribution in [0.1, 0.15) is 38.5 Å². The number of hydrogen-bond acceptors (Lipinski definition) is 2. The Kier molecular flexibility index (Phi) is 4.79. The van der Waals surface area contributed by atoms with Gasteiger partial charge in [-0.3, -0.25) is 5.41 Å². The molecule has 0 saturated heterocycles. The van der Waals surface area contributed by atoms with E-state index in [1.807, 2.05) is 0 Å². The average Bonchev–Trinajstić information content (AvgIpc) is 2.31. The van der Waals surface area contributed by atoms with Gasteiger partial charge in [-0.15, -0.1) is 0 Å². The van der Waals surface area contributed by atoms with E-state index in [2.05, 4.69) is 4.99 Å². The number of thioether (sulfide) groups is 1. The van der Waals surface area contributed by atoms with Gasteiger partial charge in [-0.25, -0.2) is 0 Å². The number of nitrogens with one attached hydrogen (secondary N) is 1. The van der Waals surface area contributed by atoms with E-state index in [-0.39, 0.29) is 11.1 Å². The van der Waals surface area contributed by atoms with Crippen molar-refractivity contribution < 1.29 is 0 Å². The van der Waals surface area contributed by atoms with E-state index in [0.717, 1.165) is 0 Å². The third-order valence-corrected chi connectivity index (χ3v) is 3.43. The van der Waals surface area contributed by atoms with Gasteiger partial charge < -0.3 is 11.5 Å². The van der Waals surface area contributed by atoms with Crippen molar-refractivity contribution in [3.8, 4) is 0 Å². The molecule has 1 saturated carbocycles. The molecular weight excluding hydrogens is 196 g/mol. The molecule has 14 heavy (non-hydrogen) atoms. The minimum atomic E-state index is -0.0175. The highest BCUT2D eigenvalue weighted by Gasteiger charge is 2.14. The lowest BCUT2D eigenvalue weighted by Crippen LogP contribution is -2.23. The number of nitrogens with two attached hydrogens (primary N) is 2. The van der Waals surface area contributed by atoms with Gasteiger partial charge in [0, 0.05) is 5.25 Å². The Hall–Kier alpha value is -0.710. The zero-order valence-corrected chi connectivity index (χ0v) is 9.15. The lowest BCUT2D eigenvalue weighted by atomic mass is 10.2. The van der Waals surface area contributed by atoms with Crippen molar-refractivity contribution in [3.05, 3.63) is 0 Å². The number of rotatable bonds is 1. The average molecular weight is 214 g/mol. The van der Waals surface area contributed by atoms with Gasteiger partial charge in [0.1, 0.15) is 0 Å². The fourth-order valence-corrected chi connectivity index (χ4v) is 2.70. The zero-order valence-electron chi connectivity index (χ0n) is 8.33. The van der Waals surface area contributed by atoms with Gasteiger partial charge in [0.2, 0.25) is 0 Å². The summed E-state index contributed by atoms with van der Waals surface area (Å²) in [6.45, 7) is 0. The van der Waals surface area contributed by atoms with Crippen molar-refractivity contribution in [2.45, 2.75) is 43.8 Å². The number of nitrogens with zero attached hydrogens (tertiary/aromatic N) is 1. The largest absolute Gasteiger partial charge is 0.370 e. The van der Waals surface area contributed by atoms with Gasteiger partial charge in [0.15, 0.2) is 11.1 Å². The molecule has 1 fully saturated rings. The summed E-state index contributed by atoms with van der Waals surface area (Å²) in [4.78, 5) is 3.72. The predicted octanol–water partition coefficient (Wildman–Crippen LogP) is 1.65. The minimum Gasteiger partial charge on any atom is -0.370 e. The van der Waals surface area contributed by atoms with E-state index in [0.29, 0.717) is 5.25 Å². The molecule has 0 unspecified atom stereocenters. The van der Waals surface area contributed by atoms with E-state index in [1.54, 1.807) is 0 Å². The number of aliphatic imine (C=N–C) groups is 1. The van der Waals surface area contributed by atoms with Crippen LogP contribution in [0.5, 0.6) is 0 Å². The molecule has 0 spiro atoms. The van der Waals surface area contributed by atoms with Crippen LogP contribution < -0.4 is 11.5 Å². The first-order chi connectivity index (χ1) is 6.68. The Morgan fingerprint density at radius 1 is 1.14 bits per heavy atom. The molecule has 5 N–H and O–H groups in total. The Labute approximate surface area is 89.0 Å². The van der Waals surface area contributed by atoms with Crippen molar-refractivity contribution in [1.82, 2.24) is 0 Å². The molecule has 0 aromatic carbocycles. The zero-order chi connectivity index (χ0) is 10.4. The molecule has 0 aromatic rings. The molecule has 1 aliphatic rings. The van der Waals surface area contributed by atoms with Gasteiger partial charge in [0.25, 0.3) is 0 Å². The molecule has 0 radical (unpaired) electrons. The first-order valence-electron chi connectivity index (χ1n) is 5.03. The smallest absolute Gasteiger partial charge is 0.193 e. The van der Waals surface area contributed by atoms with Crippen LogP contribution in [0.4, 0.5) is 0 Å². The molecule has 80 valence electrons. The van der Waals surface area contributed by atoms with Gasteiger partial charge in [-0.2, -0.15) is 4.99 Å². The third-order valence-electron chi connectivity index (χ3n) is 2.31. The van der Waals surface area contributed by atoms with Crippen molar-refractivity contribution in [3.63, 3.8) is 0 Å². The summed E-state index contributed by atoms with van der Waals surface area (Å²) in [6.07, 6.45) is 7.57. The maximum absolute atomic E-state index is 7.54. The van der Waals surface area contributed by atoms with Crippen molar-refractivity contribution in [2.24, 2.45) is 16.5 Å². The predicted molar refractivity (Wildman–Crippen MR) is 62.6 cm³/mol. The summed E-state index contributed by atoms with van der Waals surface area (Å²) in [6, 6.07) is 0. The molecule has 4 nitrogen and oxygen atoms in total. The Balaban J connectivity index is 2.34. The maximum Gasteiger partial charge on any atom is 0.193 e. The van der Waals surface area contributed by atoms with E-state index < -0.39 is 0 Å². The van der Waals surface area contributed by atoms with Crippen molar-refractivity contribution >= 4 is 22.9 Å². The fourth-order valence-electron chi connectivity index (χ4n) is 1.66. The van der Waals surface area contributed by atoms with Crippen LogP contribution >= 0.6 is 11.8 Å². The number of amidine groups is 1. The highest BCUT2D eigenvalue weighted by atomic mass is 32.2. The molecular formula is C9H18N4S. The molecule has 0 aliphatic heterocycles. The highest BCUT2D eigenvalue weighted by molar-refractivity contribution is 8.14. The number of hydrogen-bond donors (Lipinski definition) is 3. The second kappa shape index (κ2) is 5.90. The summed E-state index contributed by atoms with van der Waals surface area (Å²) in [5.41, 5.74) is 10.4. The monoisotopic (exact) mass is 214 g/mol. The standard InChI is InChI=1S/C9H18N4S/c10-8(11)13-9(12)14-7-5-3-1-2-4-6-7/h7H,1-6H2,(H5,10,11,12,13). The van der Waals surface area contributed by atoms with Crippen molar-refractivity contribution in [2.75, 3.05) is 0 Å². The van der Waals surface area contributed by atoms with E-state index in [1.165, 1.54) is 50.3 Å². The summed E-state index contributed by atoms with van der Waals surface area (Å²) in [7, 11) is 0. The molecule has 0 heterocycles. The summed E-state index contributed by atoms with van der Waals surface area (Å²) in [5.74, 6) is -0.0175. The van der Waals surface area contributed by atoms with Gasteiger partial charge in [-0.1, -0.05) is 37.4 Å². The van der Waals surface area contributed by atoms with Gasteiger partial charge in [0.05, 0.1) is 0 Å². The quantitative estimate of drug-likeness (QED) is 0.352. The Morgan fingerprint density at radius 2 is 1.71 bits per heavy atom. The van der Waals surface area contributed by atoms with Crippen LogP contribution in [-0.2, 0) is 0 Å². The highest BCUT2D eigenvalue weighted by Crippen LogP contribution is 2.27. The number of guanidine groups is 1. The molecule has 0 amide bonds. The van der Waals surface area contributed by atoms with E-state index in [4.69, 9.17) is 16.9 Å². The van der Waals surface area contributed by atoms with Crippen LogP contribution in [0.15, 0.2) is 4.99 Å². The second-order valence-electron chi connectivity index (χ2n) is 3.57. The Morgan fingerprint density at radius 3 is 2.21 bits per heavy atom. The topological polar surface area (TPSA) is 88.2 Å². The summed E-state index contributed by atoms with van der Waals surface area (Å²) in [5, 5.41) is 8.32. The van der Waals surface area contributed by atoms with Crippen LogP contribution in [0.25, 0.3) is 0 Å². The SMILES string of the molecule is N=C(N=C(N)N)SC1CCCCCC1. The third kappa shape index (κ3) is 4.50. The first kappa shape index (κ1) is 11.4. The normalized spacial score (nSPS) is 18.6. The maximum atomic E-state index is 7.54.